The van der Waals surface area contributed by atoms with Gasteiger partial charge in [0.2, 0.25) is 0 Å². The van der Waals surface area contributed by atoms with Crippen LogP contribution in [0.5, 0.6) is 5.75 Å². The molecular formula is C24H22N2O6. The molecule has 32 heavy (non-hydrogen) atoms. The summed E-state index contributed by atoms with van der Waals surface area (Å²) in [7, 11) is 1.24. The molecule has 2 aromatic carbocycles. The molecule has 2 N–H and O–H groups in total. The van der Waals surface area contributed by atoms with Gasteiger partial charge in [0.25, 0.3) is 0 Å². The molecule has 0 aromatic heterocycles. The number of benzene rings is 2. The lowest BCUT2D eigenvalue weighted by Gasteiger charge is -2.39. The number of methoxy groups -OCH3 is 1. The zero-order valence-corrected chi connectivity index (χ0v) is 17.4. The molecule has 8 heteroatoms. The summed E-state index contributed by atoms with van der Waals surface area (Å²) in [4.78, 5) is 36.7. The maximum absolute atomic E-state index is 13.4. The van der Waals surface area contributed by atoms with Crippen molar-refractivity contribution in [3.05, 3.63) is 93.3 Å². The molecule has 1 aliphatic heterocycles. The summed E-state index contributed by atoms with van der Waals surface area (Å²) in [5, 5.41) is 24.4. The number of carbonyl (C=O) groups excluding carboxylic acids is 2. The van der Waals surface area contributed by atoms with E-state index in [0.29, 0.717) is 29.0 Å². The second-order valence-electron chi connectivity index (χ2n) is 7.97. The summed E-state index contributed by atoms with van der Waals surface area (Å²) in [6, 6.07) is 13.6. The van der Waals surface area contributed by atoms with E-state index in [9.17, 15) is 24.8 Å². The predicted octanol–water partition coefficient (Wildman–Crippen LogP) is 3.69. The fraction of sp³-hybridized carbons (Fsp3) is 0.250. The minimum absolute atomic E-state index is 0.0350. The number of nitrogens with zero attached hydrogens (tertiary/aromatic N) is 1. The average Bonchev–Trinajstić information content (AvgIpc) is 2.78. The number of phenols is 1. The number of aromatic hydroxyl groups is 1. The first-order valence-corrected chi connectivity index (χ1v) is 10.1. The summed E-state index contributed by atoms with van der Waals surface area (Å²) in [6.07, 6.45) is 0.788. The Hall–Kier alpha value is -3.94. The van der Waals surface area contributed by atoms with Crippen molar-refractivity contribution in [3.63, 3.8) is 0 Å². The standard InChI is InChI=1S/C24H22N2O6/c1-13-21(24(29)32-2)22(15-8-9-19(27)18(11-15)26(30)31)23-17(25-13)10-16(12-20(23)28)14-6-4-3-5-7-14/h3-9,11,16,21-22,25,27H,1,10,12H2,2H3. The lowest BCUT2D eigenvalue weighted by molar-refractivity contribution is -0.385. The van der Waals surface area contributed by atoms with Crippen LogP contribution in [0.4, 0.5) is 5.69 Å². The van der Waals surface area contributed by atoms with Crippen molar-refractivity contribution < 1.29 is 24.4 Å². The number of phenolic OH excluding ortho intramolecular Hbond substituents is 1. The first kappa shape index (κ1) is 21.3. The number of esters is 1. The molecule has 0 amide bonds. The van der Waals surface area contributed by atoms with Crippen LogP contribution in [0.3, 0.4) is 0 Å². The van der Waals surface area contributed by atoms with E-state index in [-0.39, 0.29) is 18.1 Å². The lowest BCUT2D eigenvalue weighted by atomic mass is 9.69. The third kappa shape index (κ3) is 3.64. The van der Waals surface area contributed by atoms with Gasteiger partial charge in [-0.05, 0) is 29.5 Å². The molecule has 1 aliphatic carbocycles. The summed E-state index contributed by atoms with van der Waals surface area (Å²) < 4.78 is 4.96. The van der Waals surface area contributed by atoms with Gasteiger partial charge in [-0.2, -0.15) is 0 Å². The Morgan fingerprint density at radius 2 is 1.91 bits per heavy atom. The Balaban J connectivity index is 1.85. The molecule has 2 aliphatic rings. The van der Waals surface area contributed by atoms with Gasteiger partial charge in [-0.1, -0.05) is 43.0 Å². The molecule has 0 saturated carbocycles. The molecule has 4 rings (SSSR count). The molecule has 164 valence electrons. The van der Waals surface area contributed by atoms with E-state index in [1.54, 1.807) is 0 Å². The molecule has 0 radical (unpaired) electrons. The molecule has 0 fully saturated rings. The number of Topliss-reactive ketones (excluding diaryl/α,β-unsaturated/α-hetero) is 1. The maximum atomic E-state index is 13.4. The Labute approximate surface area is 184 Å². The smallest absolute Gasteiger partial charge is 0.315 e. The average molecular weight is 434 g/mol. The number of nitro groups is 1. The Bertz CT molecular complexity index is 1150. The van der Waals surface area contributed by atoms with E-state index in [1.165, 1.54) is 25.3 Å². The van der Waals surface area contributed by atoms with Gasteiger partial charge in [0, 0.05) is 35.4 Å². The fourth-order valence-electron chi connectivity index (χ4n) is 4.65. The van der Waals surface area contributed by atoms with Crippen LogP contribution < -0.4 is 5.32 Å². The number of rotatable bonds is 4. The zero-order chi connectivity index (χ0) is 23.0. The first-order chi connectivity index (χ1) is 15.3. The van der Waals surface area contributed by atoms with Crippen molar-refractivity contribution in [1.29, 1.82) is 0 Å². The Morgan fingerprint density at radius 1 is 1.19 bits per heavy atom. The minimum Gasteiger partial charge on any atom is -0.502 e. The van der Waals surface area contributed by atoms with Gasteiger partial charge in [-0.3, -0.25) is 19.7 Å². The van der Waals surface area contributed by atoms with Gasteiger partial charge in [-0.25, -0.2) is 0 Å². The summed E-state index contributed by atoms with van der Waals surface area (Å²) >= 11 is 0. The molecule has 3 unspecified atom stereocenters. The lowest BCUT2D eigenvalue weighted by Crippen LogP contribution is -2.42. The van der Waals surface area contributed by atoms with Crippen LogP contribution in [0, 0.1) is 16.0 Å². The van der Waals surface area contributed by atoms with Crippen molar-refractivity contribution in [2.45, 2.75) is 24.7 Å². The summed E-state index contributed by atoms with van der Waals surface area (Å²) in [6.45, 7) is 3.99. The van der Waals surface area contributed by atoms with Crippen molar-refractivity contribution >= 4 is 17.4 Å². The number of ketones is 1. The monoisotopic (exact) mass is 434 g/mol. The van der Waals surface area contributed by atoms with Crippen LogP contribution in [-0.2, 0) is 14.3 Å². The highest BCUT2D eigenvalue weighted by Crippen LogP contribution is 2.48. The number of hydrogen-bond acceptors (Lipinski definition) is 7. The van der Waals surface area contributed by atoms with Crippen LogP contribution in [0.1, 0.15) is 35.8 Å². The van der Waals surface area contributed by atoms with Gasteiger partial charge >= 0.3 is 11.7 Å². The second-order valence-corrected chi connectivity index (χ2v) is 7.97. The van der Waals surface area contributed by atoms with E-state index in [4.69, 9.17) is 4.74 Å². The molecule has 1 heterocycles. The SMILES string of the molecule is C=C1NC2=C(C(=O)CC(c3ccccc3)C2)C(c2ccc(O)c([N+](=O)[O-])c2)C1C(=O)OC. The van der Waals surface area contributed by atoms with Gasteiger partial charge < -0.3 is 15.2 Å². The van der Waals surface area contributed by atoms with Crippen molar-refractivity contribution in [2.24, 2.45) is 5.92 Å². The normalized spacial score (nSPS) is 22.7. The van der Waals surface area contributed by atoms with Gasteiger partial charge in [0.15, 0.2) is 11.5 Å². The highest BCUT2D eigenvalue weighted by atomic mass is 16.6. The highest BCUT2D eigenvalue weighted by Gasteiger charge is 2.45. The van der Waals surface area contributed by atoms with E-state index in [2.05, 4.69) is 11.9 Å². The zero-order valence-electron chi connectivity index (χ0n) is 17.4. The number of allylic oxidation sites excluding steroid dienone is 2. The van der Waals surface area contributed by atoms with Crippen LogP contribution in [0.15, 0.2) is 72.1 Å². The second kappa shape index (κ2) is 8.30. The summed E-state index contributed by atoms with van der Waals surface area (Å²) in [5.74, 6) is -3.03. The third-order valence-electron chi connectivity index (χ3n) is 6.12. The fourth-order valence-corrected chi connectivity index (χ4v) is 4.65. The van der Waals surface area contributed by atoms with Crippen LogP contribution in [0.25, 0.3) is 0 Å². The quantitative estimate of drug-likeness (QED) is 0.428. The topological polar surface area (TPSA) is 119 Å². The highest BCUT2D eigenvalue weighted by molar-refractivity contribution is 6.01. The van der Waals surface area contributed by atoms with Gasteiger partial charge in [0.1, 0.15) is 5.92 Å². The van der Waals surface area contributed by atoms with E-state index in [1.807, 2.05) is 30.3 Å². The van der Waals surface area contributed by atoms with E-state index < -0.39 is 34.2 Å². The molecule has 2 aromatic rings. The van der Waals surface area contributed by atoms with Crippen molar-refractivity contribution in [2.75, 3.05) is 7.11 Å². The summed E-state index contributed by atoms with van der Waals surface area (Å²) in [5.41, 5.74) is 2.32. The number of nitro benzene ring substituents is 1. The molecule has 0 bridgehead atoms. The molecule has 8 nitrogen and oxygen atoms in total. The third-order valence-corrected chi connectivity index (χ3v) is 6.12. The number of carbonyl (C=O) groups is 2. The van der Waals surface area contributed by atoms with Crippen molar-refractivity contribution in [1.82, 2.24) is 5.32 Å². The number of ether oxygens (including phenoxy) is 1. The van der Waals surface area contributed by atoms with Crippen LogP contribution in [0.2, 0.25) is 0 Å². The molecule has 0 spiro atoms. The predicted molar refractivity (Wildman–Crippen MR) is 116 cm³/mol. The van der Waals surface area contributed by atoms with Gasteiger partial charge in [-0.15, -0.1) is 0 Å². The number of hydrogen-bond donors (Lipinski definition) is 2. The minimum atomic E-state index is -0.944. The van der Waals surface area contributed by atoms with Gasteiger partial charge in [0.05, 0.1) is 12.0 Å². The largest absolute Gasteiger partial charge is 0.502 e. The molecule has 3 atom stereocenters. The maximum Gasteiger partial charge on any atom is 0.315 e. The first-order valence-electron chi connectivity index (χ1n) is 10.1. The Kier molecular flexibility index (Phi) is 5.52. The van der Waals surface area contributed by atoms with E-state index >= 15 is 0 Å². The molecular weight excluding hydrogens is 412 g/mol. The number of nitrogens with one attached hydrogen (secondary N) is 1. The van der Waals surface area contributed by atoms with Crippen molar-refractivity contribution in [3.8, 4) is 5.75 Å². The van der Waals surface area contributed by atoms with E-state index in [0.717, 1.165) is 5.56 Å². The van der Waals surface area contributed by atoms with Crippen LogP contribution >= 0.6 is 0 Å². The molecule has 0 saturated heterocycles. The van der Waals surface area contributed by atoms with Crippen LogP contribution in [-0.4, -0.2) is 28.9 Å². The Morgan fingerprint density at radius 3 is 2.56 bits per heavy atom.